The van der Waals surface area contributed by atoms with Crippen LogP contribution >= 0.6 is 0 Å². The molecular formula is C27H30F2N6O2S. The Morgan fingerprint density at radius 1 is 1.05 bits per heavy atom. The minimum absolute atomic E-state index is 0.0347. The average Bonchev–Trinajstić information content (AvgIpc) is 3.27. The molecule has 2 aromatic carbocycles. The molecule has 2 aromatic heterocycles. The van der Waals surface area contributed by atoms with E-state index in [2.05, 4.69) is 9.71 Å². The quantitative estimate of drug-likeness (QED) is 0.303. The molecule has 0 amide bonds. The number of nitrogens with zero attached hydrogens (tertiary/aromatic N) is 3. The molecule has 0 atom stereocenters. The fourth-order valence-electron chi connectivity index (χ4n) is 5.15. The number of aromatic nitrogens is 3. The van der Waals surface area contributed by atoms with E-state index < -0.39 is 26.6 Å². The van der Waals surface area contributed by atoms with Crippen molar-refractivity contribution in [1.82, 2.24) is 14.8 Å². The monoisotopic (exact) mass is 540 g/mol. The van der Waals surface area contributed by atoms with Crippen LogP contribution in [0.3, 0.4) is 0 Å². The number of hydrogen-bond donors (Lipinski definition) is 3. The van der Waals surface area contributed by atoms with Crippen LogP contribution in [-0.4, -0.2) is 29.2 Å². The van der Waals surface area contributed by atoms with Gasteiger partial charge in [0.25, 0.3) is 10.0 Å². The first-order valence-corrected chi connectivity index (χ1v) is 14.0. The van der Waals surface area contributed by atoms with Gasteiger partial charge in [0.15, 0.2) is 0 Å². The van der Waals surface area contributed by atoms with Gasteiger partial charge in [-0.15, -0.1) is 0 Å². The Bertz CT molecular complexity index is 1610. The smallest absolute Gasteiger partial charge is 0.264 e. The molecule has 38 heavy (non-hydrogen) atoms. The van der Waals surface area contributed by atoms with Gasteiger partial charge in [-0.1, -0.05) is 12.1 Å². The molecule has 8 nitrogen and oxygen atoms in total. The Morgan fingerprint density at radius 3 is 2.42 bits per heavy atom. The Labute approximate surface area is 220 Å². The minimum atomic E-state index is -4.26. The maximum Gasteiger partial charge on any atom is 0.264 e. The summed E-state index contributed by atoms with van der Waals surface area (Å²) >= 11 is 0. The lowest BCUT2D eigenvalue weighted by Crippen LogP contribution is -2.26. The van der Waals surface area contributed by atoms with Gasteiger partial charge in [-0.2, -0.15) is 5.10 Å². The predicted octanol–water partition coefficient (Wildman–Crippen LogP) is 5.33. The first-order valence-electron chi connectivity index (χ1n) is 12.6. The van der Waals surface area contributed by atoms with Crippen molar-refractivity contribution in [3.63, 3.8) is 0 Å². The summed E-state index contributed by atoms with van der Waals surface area (Å²) in [5.41, 5.74) is 14.7. The van der Waals surface area contributed by atoms with E-state index in [1.54, 1.807) is 6.20 Å². The number of hydrogen-bond acceptors (Lipinski definition) is 6. The molecule has 1 aliphatic rings. The highest BCUT2D eigenvalue weighted by Gasteiger charge is 2.28. The second-order valence-electron chi connectivity index (χ2n) is 10.1. The molecule has 0 spiro atoms. The van der Waals surface area contributed by atoms with E-state index in [4.69, 9.17) is 16.6 Å². The van der Waals surface area contributed by atoms with Gasteiger partial charge in [-0.3, -0.25) is 9.40 Å². The third-order valence-electron chi connectivity index (χ3n) is 7.09. The molecule has 5 rings (SSSR count). The molecule has 5 N–H and O–H groups in total. The Kier molecular flexibility index (Phi) is 6.83. The van der Waals surface area contributed by atoms with Gasteiger partial charge < -0.3 is 11.5 Å². The Hall–Kier alpha value is -3.57. The van der Waals surface area contributed by atoms with Crippen molar-refractivity contribution in [2.24, 2.45) is 5.73 Å². The lowest BCUT2D eigenvalue weighted by Gasteiger charge is -2.27. The zero-order valence-electron chi connectivity index (χ0n) is 21.2. The van der Waals surface area contributed by atoms with Gasteiger partial charge in [0.2, 0.25) is 0 Å². The van der Waals surface area contributed by atoms with Crippen molar-refractivity contribution >= 4 is 32.4 Å². The lowest BCUT2D eigenvalue weighted by atomic mass is 9.82. The second kappa shape index (κ2) is 9.95. The van der Waals surface area contributed by atoms with Crippen molar-refractivity contribution in [2.75, 3.05) is 10.5 Å². The molecule has 0 aliphatic heterocycles. The molecule has 0 bridgehead atoms. The fraction of sp³-hybridized carbons (Fsp3) is 0.333. The third kappa shape index (κ3) is 4.71. The van der Waals surface area contributed by atoms with Crippen LogP contribution in [0, 0.1) is 11.6 Å². The van der Waals surface area contributed by atoms with Gasteiger partial charge in [0, 0.05) is 23.8 Å². The zero-order valence-corrected chi connectivity index (χ0v) is 22.0. The third-order valence-corrected chi connectivity index (χ3v) is 8.50. The lowest BCUT2D eigenvalue weighted by molar-refractivity contribution is 0.395. The van der Waals surface area contributed by atoms with E-state index in [0.717, 1.165) is 55.0 Å². The number of nitrogen functional groups attached to an aromatic ring is 1. The molecule has 2 heterocycles. The standard InChI is InChI=1S/C27H30F2N6O2S/c1-15(2)35-26-20(16-7-9-17(30)10-8-16)14-32-27(31)24(26)25(33-35)19-12-11-18(13-22(19)29)34-38(36,37)23-6-4-3-5-21(23)28/h3-6,11-17,34H,7-10,30H2,1-2H3,(H2,31,32)/t16-,17-. The number of nitrogens with one attached hydrogen (secondary N) is 1. The predicted molar refractivity (Wildman–Crippen MR) is 144 cm³/mol. The molecule has 4 aromatic rings. The highest BCUT2D eigenvalue weighted by Crippen LogP contribution is 2.41. The van der Waals surface area contributed by atoms with Crippen LogP contribution in [0.4, 0.5) is 20.3 Å². The highest BCUT2D eigenvalue weighted by molar-refractivity contribution is 7.92. The van der Waals surface area contributed by atoms with E-state index in [1.807, 2.05) is 18.5 Å². The van der Waals surface area contributed by atoms with Crippen molar-refractivity contribution < 1.29 is 17.2 Å². The van der Waals surface area contributed by atoms with Gasteiger partial charge in [-0.05, 0) is 81.3 Å². The molecule has 200 valence electrons. The van der Waals surface area contributed by atoms with Crippen LogP contribution in [0.5, 0.6) is 0 Å². The van der Waals surface area contributed by atoms with Crippen LogP contribution in [0.25, 0.3) is 22.2 Å². The van der Waals surface area contributed by atoms with Crippen LogP contribution < -0.4 is 16.2 Å². The van der Waals surface area contributed by atoms with Crippen molar-refractivity contribution in [3.05, 3.63) is 65.9 Å². The van der Waals surface area contributed by atoms with Crippen LogP contribution in [0.15, 0.2) is 53.6 Å². The first kappa shape index (κ1) is 26.1. The number of nitrogens with two attached hydrogens (primary N) is 2. The van der Waals surface area contributed by atoms with Crippen LogP contribution in [-0.2, 0) is 10.0 Å². The largest absolute Gasteiger partial charge is 0.383 e. The second-order valence-corrected chi connectivity index (χ2v) is 11.7. The summed E-state index contributed by atoms with van der Waals surface area (Å²) in [6, 6.07) is 9.03. The number of halogens is 2. The number of benzene rings is 2. The highest BCUT2D eigenvalue weighted by atomic mass is 32.2. The minimum Gasteiger partial charge on any atom is -0.383 e. The summed E-state index contributed by atoms with van der Waals surface area (Å²) in [4.78, 5) is 3.91. The van der Waals surface area contributed by atoms with Gasteiger partial charge >= 0.3 is 0 Å². The molecule has 0 saturated heterocycles. The SMILES string of the molecule is CC(C)n1nc(-c2ccc(NS(=O)(=O)c3ccccc3F)cc2F)c2c(N)ncc([C@H]3CC[C@H](N)CC3)c21. The summed E-state index contributed by atoms with van der Waals surface area (Å²) < 4.78 is 59.0. The number of fused-ring (bicyclic) bond motifs is 1. The molecule has 1 aliphatic carbocycles. The molecule has 11 heteroatoms. The Morgan fingerprint density at radius 2 is 1.76 bits per heavy atom. The zero-order chi connectivity index (χ0) is 27.2. The maximum absolute atomic E-state index is 15.5. The topological polar surface area (TPSA) is 129 Å². The maximum atomic E-state index is 15.5. The summed E-state index contributed by atoms with van der Waals surface area (Å²) in [5, 5.41) is 5.32. The number of sulfonamides is 1. The van der Waals surface area contributed by atoms with Crippen LogP contribution in [0.1, 0.15) is 57.1 Å². The van der Waals surface area contributed by atoms with Crippen molar-refractivity contribution in [3.8, 4) is 11.3 Å². The van der Waals surface area contributed by atoms with E-state index in [0.29, 0.717) is 11.1 Å². The molecule has 1 saturated carbocycles. The summed E-state index contributed by atoms with van der Waals surface area (Å²) in [6.07, 6.45) is 5.47. The number of rotatable bonds is 6. The van der Waals surface area contributed by atoms with Gasteiger partial charge in [0.1, 0.15) is 28.0 Å². The first-order chi connectivity index (χ1) is 18.1. The normalized spacial score (nSPS) is 18.3. The van der Waals surface area contributed by atoms with Crippen LogP contribution in [0.2, 0.25) is 0 Å². The van der Waals surface area contributed by atoms with Gasteiger partial charge in [0.05, 0.1) is 16.6 Å². The fourth-order valence-corrected chi connectivity index (χ4v) is 6.28. The van der Waals surface area contributed by atoms with Gasteiger partial charge in [-0.25, -0.2) is 22.2 Å². The molecule has 1 fully saturated rings. The number of pyridine rings is 1. The van der Waals surface area contributed by atoms with E-state index in [1.165, 1.54) is 24.3 Å². The van der Waals surface area contributed by atoms with Crippen molar-refractivity contribution in [1.29, 1.82) is 0 Å². The summed E-state index contributed by atoms with van der Waals surface area (Å²) in [6.45, 7) is 3.98. The molecular weight excluding hydrogens is 510 g/mol. The van der Waals surface area contributed by atoms with E-state index >= 15 is 4.39 Å². The van der Waals surface area contributed by atoms with Crippen molar-refractivity contribution in [2.45, 2.75) is 62.4 Å². The van der Waals surface area contributed by atoms with E-state index in [9.17, 15) is 12.8 Å². The molecule has 0 unspecified atom stereocenters. The number of anilines is 2. The van der Waals surface area contributed by atoms with E-state index in [-0.39, 0.29) is 35.1 Å². The average molecular weight is 541 g/mol. The molecule has 0 radical (unpaired) electrons. The summed E-state index contributed by atoms with van der Waals surface area (Å²) in [7, 11) is -4.26. The summed E-state index contributed by atoms with van der Waals surface area (Å²) in [5.74, 6) is -1.13. The Balaban J connectivity index is 1.58.